The van der Waals surface area contributed by atoms with Gasteiger partial charge in [0.05, 0.1) is 5.92 Å². The Morgan fingerprint density at radius 2 is 1.93 bits per heavy atom. The Bertz CT molecular complexity index is 917. The predicted octanol–water partition coefficient (Wildman–Crippen LogP) is 3.52. The summed E-state index contributed by atoms with van der Waals surface area (Å²) in [5.74, 6) is 1.02. The minimum atomic E-state index is -0.229. The van der Waals surface area contributed by atoms with Crippen LogP contribution in [0.5, 0.6) is 0 Å². The molecule has 0 radical (unpaired) electrons. The molecule has 6 nitrogen and oxygen atoms in total. The van der Waals surface area contributed by atoms with E-state index in [0.29, 0.717) is 6.42 Å². The number of carbonyl (C=O) groups excluding carboxylic acids is 2. The Hall–Kier alpha value is -2.63. The number of carbonyl (C=O) groups is 2. The van der Waals surface area contributed by atoms with E-state index in [2.05, 4.69) is 20.2 Å². The third kappa shape index (κ3) is 3.56. The predicted molar refractivity (Wildman–Crippen MR) is 111 cm³/mol. The molecule has 1 aliphatic carbocycles. The SMILES string of the molecule is O=C1CC(C(=O)Nc2ccc(-c3ncc4n3CCCC4)cc2)C2CCCCC2N1. The van der Waals surface area contributed by atoms with Gasteiger partial charge in [-0.1, -0.05) is 12.8 Å². The number of anilines is 1. The first kappa shape index (κ1) is 18.4. The number of aryl methyl sites for hydroxylation is 1. The summed E-state index contributed by atoms with van der Waals surface area (Å²) in [6.07, 6.45) is 10.1. The smallest absolute Gasteiger partial charge is 0.228 e. The van der Waals surface area contributed by atoms with E-state index in [9.17, 15) is 9.59 Å². The van der Waals surface area contributed by atoms with Crippen LogP contribution in [0.4, 0.5) is 5.69 Å². The normalized spacial score (nSPS) is 26.2. The molecular weight excluding hydrogens is 364 g/mol. The third-order valence-electron chi connectivity index (χ3n) is 6.84. The number of nitrogens with zero attached hydrogens (tertiary/aromatic N) is 2. The van der Waals surface area contributed by atoms with E-state index in [1.165, 1.54) is 18.5 Å². The van der Waals surface area contributed by atoms with E-state index in [1.54, 1.807) is 0 Å². The number of amides is 2. The Kier molecular flexibility index (Phi) is 4.86. The summed E-state index contributed by atoms with van der Waals surface area (Å²) in [7, 11) is 0. The van der Waals surface area contributed by atoms with Crippen molar-refractivity contribution < 1.29 is 9.59 Å². The Balaban J connectivity index is 1.30. The van der Waals surface area contributed by atoms with Crippen LogP contribution in [0, 0.1) is 11.8 Å². The summed E-state index contributed by atoms with van der Waals surface area (Å²) in [5, 5.41) is 6.14. The van der Waals surface area contributed by atoms with Gasteiger partial charge in [-0.3, -0.25) is 9.59 Å². The summed E-state index contributed by atoms with van der Waals surface area (Å²) in [6, 6.07) is 8.10. The van der Waals surface area contributed by atoms with E-state index in [1.807, 2.05) is 30.5 Å². The number of hydrogen-bond acceptors (Lipinski definition) is 3. The highest BCUT2D eigenvalue weighted by molar-refractivity contribution is 5.96. The standard InChI is InChI=1S/C23H28N4O2/c28-21-13-19(18-6-1-2-7-20(18)26-21)23(29)25-16-10-8-15(9-11-16)22-24-14-17-5-3-4-12-27(17)22/h8-11,14,18-20H,1-7,12-13H2,(H,25,29)(H,26,28). The van der Waals surface area contributed by atoms with Crippen LogP contribution in [0.3, 0.4) is 0 Å². The van der Waals surface area contributed by atoms with Gasteiger partial charge in [0, 0.05) is 42.1 Å². The van der Waals surface area contributed by atoms with Crippen LogP contribution < -0.4 is 10.6 Å². The van der Waals surface area contributed by atoms with E-state index < -0.39 is 0 Å². The minimum absolute atomic E-state index is 0.00716. The molecule has 0 spiro atoms. The molecule has 0 bridgehead atoms. The molecule has 6 heteroatoms. The van der Waals surface area contributed by atoms with Gasteiger partial charge in [-0.05, 0) is 62.3 Å². The van der Waals surface area contributed by atoms with Crippen molar-refractivity contribution in [2.24, 2.45) is 11.8 Å². The van der Waals surface area contributed by atoms with Crippen LogP contribution in [-0.2, 0) is 22.6 Å². The quantitative estimate of drug-likeness (QED) is 0.839. The van der Waals surface area contributed by atoms with Gasteiger partial charge in [-0.2, -0.15) is 0 Å². The van der Waals surface area contributed by atoms with Crippen molar-refractivity contribution in [3.8, 4) is 11.4 Å². The summed E-state index contributed by atoms with van der Waals surface area (Å²) in [4.78, 5) is 29.7. The lowest BCUT2D eigenvalue weighted by Crippen LogP contribution is -2.53. The maximum Gasteiger partial charge on any atom is 0.228 e. The monoisotopic (exact) mass is 392 g/mol. The molecule has 3 heterocycles. The first-order chi connectivity index (χ1) is 14.2. The fourth-order valence-corrected chi connectivity index (χ4v) is 5.33. The van der Waals surface area contributed by atoms with Crippen molar-refractivity contribution in [3.05, 3.63) is 36.2 Å². The highest BCUT2D eigenvalue weighted by Crippen LogP contribution is 2.36. The highest BCUT2D eigenvalue weighted by Gasteiger charge is 2.41. The van der Waals surface area contributed by atoms with E-state index in [-0.39, 0.29) is 29.7 Å². The molecule has 3 aliphatic rings. The van der Waals surface area contributed by atoms with Crippen LogP contribution >= 0.6 is 0 Å². The van der Waals surface area contributed by atoms with Crippen LogP contribution in [0.1, 0.15) is 50.6 Å². The van der Waals surface area contributed by atoms with Crippen molar-refractivity contribution in [1.82, 2.24) is 14.9 Å². The molecule has 152 valence electrons. The van der Waals surface area contributed by atoms with Gasteiger partial charge >= 0.3 is 0 Å². The molecule has 1 saturated heterocycles. The van der Waals surface area contributed by atoms with Gasteiger partial charge in [-0.25, -0.2) is 4.98 Å². The number of rotatable bonds is 3. The first-order valence-corrected chi connectivity index (χ1v) is 10.9. The average Bonchev–Trinajstić information content (AvgIpc) is 3.18. The second kappa shape index (κ2) is 7.65. The van der Waals surface area contributed by atoms with Crippen LogP contribution in [0.15, 0.2) is 30.5 Å². The van der Waals surface area contributed by atoms with Gasteiger partial charge in [0.1, 0.15) is 5.82 Å². The van der Waals surface area contributed by atoms with Crippen molar-refractivity contribution in [2.75, 3.05) is 5.32 Å². The van der Waals surface area contributed by atoms with Gasteiger partial charge < -0.3 is 15.2 Å². The number of aromatic nitrogens is 2. The number of nitrogens with one attached hydrogen (secondary N) is 2. The average molecular weight is 393 g/mol. The van der Waals surface area contributed by atoms with Gasteiger partial charge in [-0.15, -0.1) is 0 Å². The van der Waals surface area contributed by atoms with Gasteiger partial charge in [0.2, 0.25) is 11.8 Å². The number of imidazole rings is 1. The summed E-state index contributed by atoms with van der Waals surface area (Å²) in [6.45, 7) is 1.02. The molecule has 1 aromatic heterocycles. The Labute approximate surface area is 171 Å². The summed E-state index contributed by atoms with van der Waals surface area (Å²) in [5.41, 5.74) is 3.16. The van der Waals surface area contributed by atoms with Gasteiger partial charge in [0.25, 0.3) is 0 Å². The molecule has 2 N–H and O–H groups in total. The maximum atomic E-state index is 13.0. The lowest BCUT2D eigenvalue weighted by atomic mass is 9.72. The van der Waals surface area contributed by atoms with Crippen LogP contribution in [0.2, 0.25) is 0 Å². The van der Waals surface area contributed by atoms with Crippen molar-refractivity contribution >= 4 is 17.5 Å². The molecule has 29 heavy (non-hydrogen) atoms. The largest absolute Gasteiger partial charge is 0.353 e. The molecule has 2 fully saturated rings. The second-order valence-electron chi connectivity index (χ2n) is 8.68. The first-order valence-electron chi connectivity index (χ1n) is 10.9. The molecule has 1 saturated carbocycles. The number of hydrogen-bond donors (Lipinski definition) is 2. The molecule has 5 rings (SSSR count). The zero-order valence-corrected chi connectivity index (χ0v) is 16.7. The van der Waals surface area contributed by atoms with Gasteiger partial charge in [0.15, 0.2) is 0 Å². The third-order valence-corrected chi connectivity index (χ3v) is 6.84. The lowest BCUT2D eigenvalue weighted by molar-refractivity contribution is -0.134. The van der Waals surface area contributed by atoms with Crippen molar-refractivity contribution in [2.45, 2.75) is 64.0 Å². The fraction of sp³-hybridized carbons (Fsp3) is 0.522. The lowest BCUT2D eigenvalue weighted by Gasteiger charge is -2.40. The Morgan fingerprint density at radius 1 is 1.10 bits per heavy atom. The van der Waals surface area contributed by atoms with Crippen molar-refractivity contribution in [1.29, 1.82) is 0 Å². The zero-order chi connectivity index (χ0) is 19.8. The summed E-state index contributed by atoms with van der Waals surface area (Å²) >= 11 is 0. The Morgan fingerprint density at radius 3 is 2.79 bits per heavy atom. The molecule has 2 aliphatic heterocycles. The van der Waals surface area contributed by atoms with E-state index in [0.717, 1.165) is 55.7 Å². The molecule has 1 aromatic carbocycles. The van der Waals surface area contributed by atoms with Crippen LogP contribution in [0.25, 0.3) is 11.4 Å². The molecule has 3 unspecified atom stereocenters. The zero-order valence-electron chi connectivity index (χ0n) is 16.7. The van der Waals surface area contributed by atoms with Crippen LogP contribution in [-0.4, -0.2) is 27.4 Å². The van der Waals surface area contributed by atoms with E-state index >= 15 is 0 Å². The highest BCUT2D eigenvalue weighted by atomic mass is 16.2. The fourth-order valence-electron chi connectivity index (χ4n) is 5.33. The summed E-state index contributed by atoms with van der Waals surface area (Å²) < 4.78 is 2.31. The maximum absolute atomic E-state index is 13.0. The van der Waals surface area contributed by atoms with E-state index in [4.69, 9.17) is 0 Å². The second-order valence-corrected chi connectivity index (χ2v) is 8.68. The number of piperidine rings is 1. The topological polar surface area (TPSA) is 76.0 Å². The molecule has 3 atom stereocenters. The molecule has 2 aromatic rings. The molecule has 2 amide bonds. The molecular formula is C23H28N4O2. The number of benzene rings is 1. The number of fused-ring (bicyclic) bond motifs is 2. The minimum Gasteiger partial charge on any atom is -0.353 e. The van der Waals surface area contributed by atoms with Crippen molar-refractivity contribution in [3.63, 3.8) is 0 Å².